The van der Waals surface area contributed by atoms with Gasteiger partial charge in [-0.15, -0.1) is 0 Å². The smallest absolute Gasteiger partial charge is 0.321 e. The van der Waals surface area contributed by atoms with Crippen LogP contribution in [-0.4, -0.2) is 72.6 Å². The molecule has 0 atom stereocenters. The van der Waals surface area contributed by atoms with E-state index in [1.165, 1.54) is 16.5 Å². The van der Waals surface area contributed by atoms with Crippen LogP contribution >= 0.6 is 11.5 Å². The van der Waals surface area contributed by atoms with Gasteiger partial charge in [0.2, 0.25) is 0 Å². The number of nitrogens with zero attached hydrogens (tertiary/aromatic N) is 4. The molecule has 1 aliphatic heterocycles. The molecule has 2 fully saturated rings. The van der Waals surface area contributed by atoms with Gasteiger partial charge in [0.15, 0.2) is 13.6 Å². The van der Waals surface area contributed by atoms with E-state index in [1.54, 1.807) is 11.5 Å². The molecule has 6 nitrogen and oxygen atoms in total. The summed E-state index contributed by atoms with van der Waals surface area (Å²) in [6, 6.07) is 7.82. The number of fused-ring (bicyclic) bond motifs is 1. The molecule has 1 aromatic heterocycles. The number of benzene rings is 1. The predicted octanol–water partition coefficient (Wildman–Crippen LogP) is 4.23. The van der Waals surface area contributed by atoms with Gasteiger partial charge in [0.25, 0.3) is 0 Å². The van der Waals surface area contributed by atoms with Crippen molar-refractivity contribution in [2.75, 3.05) is 51.2 Å². The monoisotopic (exact) mass is 451 g/mol. The number of piperazine rings is 1. The van der Waals surface area contributed by atoms with Gasteiger partial charge in [-0.1, -0.05) is 12.1 Å². The van der Waals surface area contributed by atoms with Gasteiger partial charge in [-0.3, -0.25) is 9.80 Å². The van der Waals surface area contributed by atoms with Crippen LogP contribution in [0.3, 0.4) is 0 Å². The number of amides is 2. The second-order valence-electron chi connectivity index (χ2n) is 8.57. The van der Waals surface area contributed by atoms with Crippen molar-refractivity contribution < 1.29 is 13.6 Å². The van der Waals surface area contributed by atoms with Crippen molar-refractivity contribution in [3.8, 4) is 0 Å². The lowest BCUT2D eigenvalue weighted by atomic mass is 9.84. The molecule has 1 aromatic carbocycles. The Morgan fingerprint density at radius 2 is 1.81 bits per heavy atom. The SMILES string of the molecule is O=C(NC1CCC(CCN2CCN(c3nsc4ccccc34)CC2)CC1)N(CF)CF. The van der Waals surface area contributed by atoms with Gasteiger partial charge in [-0.05, 0) is 68.2 Å². The van der Waals surface area contributed by atoms with Gasteiger partial charge in [-0.2, -0.15) is 4.37 Å². The van der Waals surface area contributed by atoms with Crippen molar-refractivity contribution in [2.45, 2.75) is 38.1 Å². The number of halogens is 2. The van der Waals surface area contributed by atoms with Crippen molar-refractivity contribution >= 4 is 33.5 Å². The van der Waals surface area contributed by atoms with E-state index < -0.39 is 19.6 Å². The maximum Gasteiger partial charge on any atom is 0.321 e. The van der Waals surface area contributed by atoms with Crippen LogP contribution in [0.1, 0.15) is 32.1 Å². The molecule has 1 N–H and O–H groups in total. The Hall–Kier alpha value is -2.00. The summed E-state index contributed by atoms with van der Waals surface area (Å²) in [5.41, 5.74) is 0. The molecule has 2 amide bonds. The number of anilines is 1. The molecular formula is C22H31F2N5OS. The minimum Gasteiger partial charge on any atom is -0.353 e. The summed E-state index contributed by atoms with van der Waals surface area (Å²) < 4.78 is 31.1. The molecule has 31 heavy (non-hydrogen) atoms. The van der Waals surface area contributed by atoms with E-state index in [-0.39, 0.29) is 6.04 Å². The van der Waals surface area contributed by atoms with Gasteiger partial charge < -0.3 is 10.2 Å². The van der Waals surface area contributed by atoms with Crippen molar-refractivity contribution in [3.05, 3.63) is 24.3 Å². The minimum absolute atomic E-state index is 0.0285. The molecule has 0 unspecified atom stereocenters. The number of hydrogen-bond acceptors (Lipinski definition) is 5. The first-order valence-corrected chi connectivity index (χ1v) is 11.9. The van der Waals surface area contributed by atoms with E-state index in [4.69, 9.17) is 0 Å². The average molecular weight is 452 g/mol. The molecular weight excluding hydrogens is 420 g/mol. The highest BCUT2D eigenvalue weighted by Crippen LogP contribution is 2.30. The summed E-state index contributed by atoms with van der Waals surface area (Å²) in [7, 11) is 0. The Morgan fingerprint density at radius 1 is 1.10 bits per heavy atom. The van der Waals surface area contributed by atoms with Gasteiger partial charge in [0, 0.05) is 37.6 Å². The van der Waals surface area contributed by atoms with Crippen molar-refractivity contribution in [1.29, 1.82) is 0 Å². The number of hydrogen-bond donors (Lipinski definition) is 1. The fourth-order valence-corrected chi connectivity index (χ4v) is 5.45. The zero-order valence-corrected chi connectivity index (χ0v) is 18.6. The first-order valence-electron chi connectivity index (χ1n) is 11.2. The zero-order chi connectivity index (χ0) is 21.6. The maximum atomic E-state index is 12.6. The number of urea groups is 1. The Kier molecular flexibility index (Phi) is 7.55. The summed E-state index contributed by atoms with van der Waals surface area (Å²) in [4.78, 5) is 17.3. The largest absolute Gasteiger partial charge is 0.353 e. The van der Waals surface area contributed by atoms with Crippen molar-refractivity contribution in [1.82, 2.24) is 19.5 Å². The van der Waals surface area contributed by atoms with Crippen LogP contribution in [0.25, 0.3) is 10.1 Å². The lowest BCUT2D eigenvalue weighted by molar-refractivity contribution is 0.131. The maximum absolute atomic E-state index is 12.6. The predicted molar refractivity (Wildman–Crippen MR) is 121 cm³/mol. The summed E-state index contributed by atoms with van der Waals surface area (Å²) in [6.45, 7) is 3.04. The first-order chi connectivity index (χ1) is 15.2. The fraction of sp³-hybridized carbons (Fsp3) is 0.636. The highest BCUT2D eigenvalue weighted by Gasteiger charge is 2.26. The third kappa shape index (κ3) is 5.44. The quantitative estimate of drug-likeness (QED) is 0.640. The third-order valence-electron chi connectivity index (χ3n) is 6.63. The molecule has 0 bridgehead atoms. The van der Waals surface area contributed by atoms with Gasteiger partial charge >= 0.3 is 6.03 Å². The van der Waals surface area contributed by atoms with E-state index in [0.29, 0.717) is 10.8 Å². The number of aromatic nitrogens is 1. The molecule has 1 aliphatic carbocycles. The van der Waals surface area contributed by atoms with E-state index in [2.05, 4.69) is 43.8 Å². The summed E-state index contributed by atoms with van der Waals surface area (Å²) in [5, 5.41) is 4.02. The van der Waals surface area contributed by atoms with Crippen LogP contribution in [0.4, 0.5) is 19.4 Å². The Morgan fingerprint density at radius 3 is 2.52 bits per heavy atom. The number of carbonyl (C=O) groups excluding carboxylic acids is 1. The summed E-state index contributed by atoms with van der Waals surface area (Å²) in [6.07, 6.45) is 5.05. The molecule has 2 aliphatic rings. The van der Waals surface area contributed by atoms with E-state index in [1.807, 2.05) is 0 Å². The second kappa shape index (κ2) is 10.5. The summed E-state index contributed by atoms with van der Waals surface area (Å²) >= 11 is 1.57. The normalized spacial score (nSPS) is 22.6. The molecule has 4 rings (SSSR count). The lowest BCUT2D eigenvalue weighted by Crippen LogP contribution is -2.47. The highest BCUT2D eigenvalue weighted by molar-refractivity contribution is 7.13. The average Bonchev–Trinajstić information content (AvgIpc) is 3.24. The fourth-order valence-electron chi connectivity index (χ4n) is 4.65. The van der Waals surface area contributed by atoms with Gasteiger partial charge in [-0.25, -0.2) is 13.6 Å². The zero-order valence-electron chi connectivity index (χ0n) is 17.8. The van der Waals surface area contributed by atoms with Gasteiger partial charge in [0.1, 0.15) is 5.82 Å². The van der Waals surface area contributed by atoms with Crippen LogP contribution in [0.2, 0.25) is 0 Å². The van der Waals surface area contributed by atoms with Crippen LogP contribution in [-0.2, 0) is 0 Å². The number of rotatable bonds is 7. The number of nitrogens with one attached hydrogen (secondary N) is 1. The van der Waals surface area contributed by atoms with E-state index >= 15 is 0 Å². The molecule has 1 saturated heterocycles. The standard InChI is InChI=1S/C22H31F2N5OS/c23-15-29(16-24)22(30)25-18-7-5-17(6-8-18)9-10-27-11-13-28(14-12-27)21-19-3-1-2-4-20(19)31-26-21/h1-4,17-18H,5-16H2,(H,25,30). The molecule has 2 heterocycles. The number of carbonyl (C=O) groups is 1. The Balaban J connectivity index is 1.16. The van der Waals surface area contributed by atoms with Crippen LogP contribution in [0.15, 0.2) is 24.3 Å². The van der Waals surface area contributed by atoms with Crippen LogP contribution < -0.4 is 10.2 Å². The Labute approximate surface area is 186 Å². The molecule has 0 radical (unpaired) electrons. The number of alkyl halides is 2. The van der Waals surface area contributed by atoms with E-state index in [0.717, 1.165) is 64.2 Å². The van der Waals surface area contributed by atoms with Crippen molar-refractivity contribution in [2.24, 2.45) is 5.92 Å². The highest BCUT2D eigenvalue weighted by atomic mass is 32.1. The molecule has 9 heteroatoms. The second-order valence-corrected chi connectivity index (χ2v) is 9.37. The first kappa shape index (κ1) is 22.2. The Bertz CT molecular complexity index is 845. The topological polar surface area (TPSA) is 51.7 Å². The lowest BCUT2D eigenvalue weighted by Gasteiger charge is -2.36. The van der Waals surface area contributed by atoms with Gasteiger partial charge in [0.05, 0.1) is 4.70 Å². The molecule has 2 aromatic rings. The molecule has 1 saturated carbocycles. The van der Waals surface area contributed by atoms with Crippen LogP contribution in [0, 0.1) is 5.92 Å². The minimum atomic E-state index is -1.09. The van der Waals surface area contributed by atoms with E-state index in [9.17, 15) is 13.6 Å². The van der Waals surface area contributed by atoms with Crippen molar-refractivity contribution in [3.63, 3.8) is 0 Å². The molecule has 170 valence electrons. The third-order valence-corrected chi connectivity index (χ3v) is 7.45. The van der Waals surface area contributed by atoms with Crippen LogP contribution in [0.5, 0.6) is 0 Å². The molecule has 0 spiro atoms. The summed E-state index contributed by atoms with van der Waals surface area (Å²) in [5.74, 6) is 1.78.